The van der Waals surface area contributed by atoms with Crippen LogP contribution in [-0.2, 0) is 0 Å². The van der Waals surface area contributed by atoms with Gasteiger partial charge in [-0.3, -0.25) is 4.99 Å². The van der Waals surface area contributed by atoms with Crippen molar-refractivity contribution >= 4 is 28.0 Å². The number of H-pyrrole nitrogens is 3. The number of nitrogens with one attached hydrogen (secondary N) is 3. The van der Waals surface area contributed by atoms with E-state index in [1.54, 1.807) is 0 Å². The molecule has 8 bridgehead atoms. The van der Waals surface area contributed by atoms with Crippen LogP contribution in [0.15, 0.2) is 187 Å². The normalized spacial score (nSPS) is 16.4. The summed E-state index contributed by atoms with van der Waals surface area (Å²) >= 11 is 0. The van der Waals surface area contributed by atoms with E-state index < -0.39 is 0 Å². The van der Waals surface area contributed by atoms with Gasteiger partial charge in [-0.1, -0.05) is 128 Å². The molecule has 49 heavy (non-hydrogen) atoms. The zero-order valence-electron chi connectivity index (χ0n) is 26.7. The Morgan fingerprint density at radius 3 is 1.18 bits per heavy atom. The summed E-state index contributed by atoms with van der Waals surface area (Å²) in [7, 11) is 0. The molecule has 7 aromatic rings. The first-order valence-electron chi connectivity index (χ1n) is 16.5. The second kappa shape index (κ2) is 11.9. The zero-order chi connectivity index (χ0) is 32.7. The monoisotopic (exact) mass is 628 g/mol. The van der Waals surface area contributed by atoms with Gasteiger partial charge >= 0.3 is 0 Å². The van der Waals surface area contributed by atoms with Crippen LogP contribution >= 0.6 is 0 Å². The molecule has 4 heteroatoms. The van der Waals surface area contributed by atoms with E-state index in [4.69, 9.17) is 11.6 Å². The minimum absolute atomic E-state index is 0.849. The van der Waals surface area contributed by atoms with Gasteiger partial charge in [0.2, 0.25) is 0 Å². The van der Waals surface area contributed by atoms with E-state index in [1.807, 2.05) is 12.3 Å². The second-order valence-corrected chi connectivity index (χ2v) is 12.3. The van der Waals surface area contributed by atoms with Gasteiger partial charge in [-0.2, -0.15) is 0 Å². The van der Waals surface area contributed by atoms with Gasteiger partial charge in [-0.05, 0) is 58.7 Å². The third-order valence-electron chi connectivity index (χ3n) is 9.36. The van der Waals surface area contributed by atoms with E-state index in [2.05, 4.69) is 167 Å². The predicted octanol–water partition coefficient (Wildman–Crippen LogP) is 6.47. The van der Waals surface area contributed by atoms with E-state index in [0.717, 1.165) is 94.2 Å². The van der Waals surface area contributed by atoms with Gasteiger partial charge in [0.25, 0.3) is 0 Å². The molecule has 0 radical (unpaired) electrons. The quantitative estimate of drug-likeness (QED) is 0.200. The van der Waals surface area contributed by atoms with Gasteiger partial charge in [-0.25, -0.2) is 0 Å². The molecule has 4 aromatic carbocycles. The summed E-state index contributed by atoms with van der Waals surface area (Å²) in [5, 5.41) is 3.99. The standard InChI is InChI=1S/C45H32N4/c1-29-34-28-46-45(29)44(33-20-12-5-13-21-33)40-27-26-39(49-40)43(32-18-10-4-11-19-32)38-25-24-37(48-38)42(31-16-8-3-9-17-31)36-23-22-35(47-36)41(34)30-14-6-2-7-15-30/h2-28,47-49H,1H2/b41-34?,41-35?,42-36?,42-37?,43-38?,43-39-,44-40-,45-44?. The summed E-state index contributed by atoms with van der Waals surface area (Å²) in [5.41, 5.74) is 13.4. The molecule has 0 saturated carbocycles. The SMILES string of the molecule is C=C1C2=CN=C1/C(c1ccccc1)=c1/cc/c([nH]1)=C(\c1ccccc1)c1ccc([nH]1)C(c1ccccc1)=c1ccc([nH]1)=C2c1ccccc1. The van der Waals surface area contributed by atoms with Gasteiger partial charge in [0.15, 0.2) is 0 Å². The molecule has 2 aliphatic heterocycles. The molecule has 0 fully saturated rings. The van der Waals surface area contributed by atoms with Gasteiger partial charge in [0.1, 0.15) is 0 Å². The molecule has 232 valence electrons. The molecule has 2 aliphatic rings. The maximum atomic E-state index is 5.11. The number of nitrogens with zero attached hydrogens (tertiary/aromatic N) is 1. The van der Waals surface area contributed by atoms with Gasteiger partial charge in [-0.15, -0.1) is 0 Å². The Morgan fingerprint density at radius 1 is 0.367 bits per heavy atom. The Morgan fingerprint density at radius 2 is 0.735 bits per heavy atom. The second-order valence-electron chi connectivity index (χ2n) is 12.3. The molecular weight excluding hydrogens is 597 g/mol. The van der Waals surface area contributed by atoms with Crippen LogP contribution in [0, 0.1) is 0 Å². The lowest BCUT2D eigenvalue weighted by Crippen LogP contribution is -2.22. The van der Waals surface area contributed by atoms with Crippen molar-refractivity contribution in [1.82, 2.24) is 15.0 Å². The van der Waals surface area contributed by atoms with Crippen LogP contribution in [0.2, 0.25) is 0 Å². The third kappa shape index (κ3) is 4.98. The molecule has 0 amide bonds. The van der Waals surface area contributed by atoms with Crippen LogP contribution in [0.1, 0.15) is 33.6 Å². The van der Waals surface area contributed by atoms with Crippen LogP contribution in [-0.4, -0.2) is 20.7 Å². The Labute approximate surface area is 283 Å². The van der Waals surface area contributed by atoms with Crippen molar-refractivity contribution in [3.8, 4) is 0 Å². The molecule has 0 atom stereocenters. The maximum absolute atomic E-state index is 5.11. The van der Waals surface area contributed by atoms with Crippen molar-refractivity contribution in [3.63, 3.8) is 0 Å². The van der Waals surface area contributed by atoms with Crippen molar-refractivity contribution in [2.24, 2.45) is 4.99 Å². The summed E-state index contributed by atoms with van der Waals surface area (Å²) in [6, 6.07) is 55.2. The first-order chi connectivity index (χ1) is 24.2. The van der Waals surface area contributed by atoms with E-state index in [1.165, 1.54) is 0 Å². The van der Waals surface area contributed by atoms with E-state index >= 15 is 0 Å². The van der Waals surface area contributed by atoms with Gasteiger partial charge in [0.05, 0.1) is 5.71 Å². The van der Waals surface area contributed by atoms with E-state index in [0.29, 0.717) is 0 Å². The predicted molar refractivity (Wildman–Crippen MR) is 200 cm³/mol. The lowest BCUT2D eigenvalue weighted by molar-refractivity contribution is 1.21. The Kier molecular flexibility index (Phi) is 6.91. The molecule has 3 aromatic heterocycles. The number of aromatic nitrogens is 3. The maximum Gasteiger partial charge on any atom is 0.0802 e. The lowest BCUT2D eigenvalue weighted by atomic mass is 9.88. The Balaban J connectivity index is 1.43. The fourth-order valence-electron chi connectivity index (χ4n) is 7.11. The van der Waals surface area contributed by atoms with E-state index in [9.17, 15) is 0 Å². The average molecular weight is 629 g/mol. The summed E-state index contributed by atoms with van der Waals surface area (Å²) in [4.78, 5) is 16.6. The van der Waals surface area contributed by atoms with Gasteiger partial charge < -0.3 is 15.0 Å². The number of allylic oxidation sites excluding steroid dienone is 2. The molecule has 4 nitrogen and oxygen atoms in total. The smallest absolute Gasteiger partial charge is 0.0802 e. The zero-order valence-corrected chi connectivity index (χ0v) is 26.7. The number of benzene rings is 4. The highest BCUT2D eigenvalue weighted by Gasteiger charge is 2.26. The summed E-state index contributed by atoms with van der Waals surface area (Å²) in [6.45, 7) is 4.69. The van der Waals surface area contributed by atoms with E-state index in [-0.39, 0.29) is 0 Å². The van der Waals surface area contributed by atoms with Crippen LogP contribution < -0.4 is 21.4 Å². The first kappa shape index (κ1) is 28.6. The van der Waals surface area contributed by atoms with Crippen LogP contribution in [0.5, 0.6) is 0 Å². The number of fused-ring (bicyclic) bond motifs is 8. The first-order valence-corrected chi connectivity index (χ1v) is 16.5. The lowest BCUT2D eigenvalue weighted by Gasteiger charge is -2.14. The number of aliphatic imine (C=N–C) groups is 1. The van der Waals surface area contributed by atoms with Crippen LogP contribution in [0.4, 0.5) is 0 Å². The average Bonchev–Trinajstić information content (AvgIpc) is 3.98. The Hall–Kier alpha value is -6.65. The summed E-state index contributed by atoms with van der Waals surface area (Å²) in [6.07, 6.45) is 1.98. The molecule has 0 spiro atoms. The summed E-state index contributed by atoms with van der Waals surface area (Å²) in [5.74, 6) is 0. The summed E-state index contributed by atoms with van der Waals surface area (Å²) < 4.78 is 0. The third-order valence-corrected chi connectivity index (χ3v) is 9.36. The minimum Gasteiger partial charge on any atom is -0.354 e. The molecular formula is C45H32N4. The number of hydrogen-bond acceptors (Lipinski definition) is 1. The molecule has 0 saturated heterocycles. The van der Waals surface area contributed by atoms with Crippen molar-refractivity contribution in [3.05, 3.63) is 237 Å². The van der Waals surface area contributed by atoms with Crippen LogP contribution in [0.25, 0.3) is 22.3 Å². The largest absolute Gasteiger partial charge is 0.354 e. The molecule has 0 unspecified atom stereocenters. The van der Waals surface area contributed by atoms with Crippen molar-refractivity contribution in [1.29, 1.82) is 0 Å². The Bertz CT molecular complexity index is 2500. The highest BCUT2D eigenvalue weighted by molar-refractivity contribution is 6.35. The minimum atomic E-state index is 0.849. The molecule has 9 rings (SSSR count). The number of rotatable bonds is 4. The fourth-order valence-corrected chi connectivity index (χ4v) is 7.11. The topological polar surface area (TPSA) is 59.7 Å². The van der Waals surface area contributed by atoms with Crippen molar-refractivity contribution in [2.45, 2.75) is 0 Å². The number of aromatic amines is 3. The van der Waals surface area contributed by atoms with Gasteiger partial charge in [0, 0.05) is 72.4 Å². The highest BCUT2D eigenvalue weighted by atomic mass is 14.8. The van der Waals surface area contributed by atoms with Crippen molar-refractivity contribution in [2.75, 3.05) is 0 Å². The highest BCUT2D eigenvalue weighted by Crippen LogP contribution is 2.34. The molecule has 3 N–H and O–H groups in total. The molecule has 5 heterocycles. The number of hydrogen-bond donors (Lipinski definition) is 3. The van der Waals surface area contributed by atoms with Crippen LogP contribution in [0.3, 0.4) is 0 Å². The molecule has 0 aliphatic carbocycles. The van der Waals surface area contributed by atoms with Crippen molar-refractivity contribution < 1.29 is 0 Å². The fraction of sp³-hybridized carbons (Fsp3) is 0.